The molecule has 0 atom stereocenters. The van der Waals surface area contributed by atoms with Crippen molar-refractivity contribution >= 4 is 22.4 Å². The molecule has 3 N–H and O–H groups in total. The Labute approximate surface area is 104 Å². The molecule has 2 aliphatic carbocycles. The van der Waals surface area contributed by atoms with Crippen molar-refractivity contribution < 1.29 is 4.79 Å². The predicted molar refractivity (Wildman–Crippen MR) is 66.9 cm³/mol. The second-order valence-corrected chi connectivity index (χ2v) is 5.65. The number of aromatic nitrogens is 1. The van der Waals surface area contributed by atoms with Crippen LogP contribution in [0.1, 0.15) is 36.2 Å². The van der Waals surface area contributed by atoms with Crippen molar-refractivity contribution in [2.75, 3.05) is 11.4 Å². The lowest BCUT2D eigenvalue weighted by molar-refractivity contribution is 0.0949. The third-order valence-electron chi connectivity index (χ3n) is 3.24. The summed E-state index contributed by atoms with van der Waals surface area (Å²) in [6.07, 6.45) is 5.19. The second-order valence-electron chi connectivity index (χ2n) is 4.82. The Bertz CT molecular complexity index is 425. The van der Waals surface area contributed by atoms with Gasteiger partial charge in [-0.2, -0.15) is 0 Å². The smallest absolute Gasteiger partial charge is 0.284 e. The van der Waals surface area contributed by atoms with Crippen molar-refractivity contribution in [3.63, 3.8) is 0 Å². The Hall–Kier alpha value is -1.14. The van der Waals surface area contributed by atoms with E-state index in [-0.39, 0.29) is 5.91 Å². The van der Waals surface area contributed by atoms with Crippen LogP contribution < -0.4 is 16.2 Å². The number of rotatable bonds is 5. The van der Waals surface area contributed by atoms with Gasteiger partial charge in [0.1, 0.15) is 5.69 Å². The van der Waals surface area contributed by atoms with Crippen LogP contribution in [-0.2, 0) is 0 Å². The van der Waals surface area contributed by atoms with Crippen LogP contribution in [0.15, 0.2) is 5.38 Å². The maximum atomic E-state index is 11.4. The second kappa shape index (κ2) is 4.27. The number of carbonyl (C=O) groups is 1. The number of nitrogen functional groups attached to an aromatic ring is 1. The van der Waals surface area contributed by atoms with Gasteiger partial charge in [-0.15, -0.1) is 11.3 Å². The molecule has 17 heavy (non-hydrogen) atoms. The molecule has 0 spiro atoms. The van der Waals surface area contributed by atoms with Crippen molar-refractivity contribution in [1.82, 2.24) is 10.4 Å². The Morgan fingerprint density at radius 2 is 2.29 bits per heavy atom. The Kier molecular flexibility index (Phi) is 2.76. The molecular formula is C11H16N4OS. The molecule has 0 unspecified atom stereocenters. The summed E-state index contributed by atoms with van der Waals surface area (Å²) in [6.45, 7) is 1.10. The number of hydrogen-bond donors (Lipinski definition) is 2. The Morgan fingerprint density at radius 1 is 1.53 bits per heavy atom. The van der Waals surface area contributed by atoms with Gasteiger partial charge >= 0.3 is 0 Å². The molecule has 5 nitrogen and oxygen atoms in total. The molecule has 0 bridgehead atoms. The van der Waals surface area contributed by atoms with Crippen LogP contribution >= 0.6 is 11.3 Å². The lowest BCUT2D eigenvalue weighted by Crippen LogP contribution is -2.31. The third kappa shape index (κ3) is 2.42. The molecule has 1 amide bonds. The zero-order valence-electron chi connectivity index (χ0n) is 9.56. The van der Waals surface area contributed by atoms with E-state index < -0.39 is 0 Å². The largest absolute Gasteiger partial charge is 0.345 e. The van der Waals surface area contributed by atoms with E-state index in [1.54, 1.807) is 5.38 Å². The molecule has 92 valence electrons. The predicted octanol–water partition coefficient (Wildman–Crippen LogP) is 1.13. The van der Waals surface area contributed by atoms with E-state index in [1.165, 1.54) is 37.0 Å². The molecule has 1 aromatic rings. The highest BCUT2D eigenvalue weighted by Crippen LogP contribution is 2.38. The van der Waals surface area contributed by atoms with E-state index >= 15 is 0 Å². The molecule has 3 rings (SSSR count). The first-order valence-electron chi connectivity index (χ1n) is 6.01. The van der Waals surface area contributed by atoms with Crippen LogP contribution in [0.2, 0.25) is 0 Å². The number of nitrogens with one attached hydrogen (secondary N) is 1. The average molecular weight is 252 g/mol. The van der Waals surface area contributed by atoms with Crippen LogP contribution in [0.4, 0.5) is 5.13 Å². The molecule has 0 aliphatic heterocycles. The highest BCUT2D eigenvalue weighted by atomic mass is 32.1. The van der Waals surface area contributed by atoms with Gasteiger partial charge in [0.25, 0.3) is 5.91 Å². The highest BCUT2D eigenvalue weighted by molar-refractivity contribution is 7.14. The quantitative estimate of drug-likeness (QED) is 0.468. The van der Waals surface area contributed by atoms with E-state index in [4.69, 9.17) is 5.84 Å². The molecule has 0 saturated heterocycles. The molecular weight excluding hydrogens is 236 g/mol. The third-order valence-corrected chi connectivity index (χ3v) is 4.12. The summed E-state index contributed by atoms with van der Waals surface area (Å²) in [5.41, 5.74) is 2.54. The van der Waals surface area contributed by atoms with Crippen LogP contribution in [0.5, 0.6) is 0 Å². The summed E-state index contributed by atoms with van der Waals surface area (Å²) < 4.78 is 0. The molecule has 2 aliphatic rings. The monoisotopic (exact) mass is 252 g/mol. The first-order chi connectivity index (χ1) is 8.28. The minimum absolute atomic E-state index is 0.310. The average Bonchev–Trinajstić information content (AvgIpc) is 3.24. The maximum absolute atomic E-state index is 11.4. The van der Waals surface area contributed by atoms with Gasteiger partial charge in [0, 0.05) is 18.0 Å². The van der Waals surface area contributed by atoms with E-state index in [9.17, 15) is 4.79 Å². The van der Waals surface area contributed by atoms with Gasteiger partial charge in [-0.1, -0.05) is 0 Å². The van der Waals surface area contributed by atoms with Gasteiger partial charge in [-0.3, -0.25) is 10.2 Å². The van der Waals surface area contributed by atoms with Gasteiger partial charge in [-0.05, 0) is 31.6 Å². The fourth-order valence-corrected chi connectivity index (χ4v) is 2.81. The minimum Gasteiger partial charge on any atom is -0.345 e. The molecule has 2 fully saturated rings. The number of nitrogens with two attached hydrogens (primary N) is 1. The zero-order valence-corrected chi connectivity index (χ0v) is 10.4. The fourth-order valence-electron chi connectivity index (χ4n) is 1.92. The molecule has 2 saturated carbocycles. The van der Waals surface area contributed by atoms with E-state index in [0.29, 0.717) is 11.7 Å². The maximum Gasteiger partial charge on any atom is 0.284 e. The summed E-state index contributed by atoms with van der Waals surface area (Å²) in [5.74, 6) is 5.63. The summed E-state index contributed by atoms with van der Waals surface area (Å²) in [7, 11) is 0. The summed E-state index contributed by atoms with van der Waals surface area (Å²) in [5, 5.41) is 2.75. The molecule has 1 aromatic heterocycles. The number of nitrogens with zero attached hydrogens (tertiary/aromatic N) is 2. The summed E-state index contributed by atoms with van der Waals surface area (Å²) >= 11 is 1.54. The van der Waals surface area contributed by atoms with Crippen LogP contribution in [-0.4, -0.2) is 23.5 Å². The number of thiazole rings is 1. The summed E-state index contributed by atoms with van der Waals surface area (Å²) in [4.78, 5) is 18.1. The van der Waals surface area contributed by atoms with E-state index in [2.05, 4.69) is 15.3 Å². The van der Waals surface area contributed by atoms with Crippen molar-refractivity contribution in [3.8, 4) is 0 Å². The number of anilines is 1. The first kappa shape index (κ1) is 11.0. The fraction of sp³-hybridized carbons (Fsp3) is 0.636. The highest BCUT2D eigenvalue weighted by Gasteiger charge is 2.35. The Balaban J connectivity index is 1.75. The molecule has 0 aromatic carbocycles. The van der Waals surface area contributed by atoms with Gasteiger partial charge < -0.3 is 4.90 Å². The normalized spacial score (nSPS) is 19.1. The lowest BCUT2D eigenvalue weighted by atomic mass is 10.4. The van der Waals surface area contributed by atoms with Gasteiger partial charge in [0.05, 0.1) is 0 Å². The van der Waals surface area contributed by atoms with Gasteiger partial charge in [0.15, 0.2) is 5.13 Å². The standard InChI is InChI=1S/C11H16N4OS/c12-14-10(16)9-6-17-11(13-9)15(8-3-4-8)5-7-1-2-7/h6-8H,1-5,12H2,(H,14,16). The van der Waals surface area contributed by atoms with Crippen molar-refractivity contribution in [2.45, 2.75) is 31.7 Å². The number of amides is 1. The summed E-state index contributed by atoms with van der Waals surface area (Å²) in [6, 6.07) is 0.649. The van der Waals surface area contributed by atoms with Crippen LogP contribution in [0.25, 0.3) is 0 Å². The zero-order chi connectivity index (χ0) is 11.8. The molecule has 6 heteroatoms. The topological polar surface area (TPSA) is 71.2 Å². The SMILES string of the molecule is NNC(=O)c1csc(N(CC2CC2)C2CC2)n1. The van der Waals surface area contributed by atoms with Gasteiger partial charge in [-0.25, -0.2) is 10.8 Å². The van der Waals surface area contributed by atoms with Crippen molar-refractivity contribution in [2.24, 2.45) is 11.8 Å². The van der Waals surface area contributed by atoms with Crippen LogP contribution in [0.3, 0.4) is 0 Å². The van der Waals surface area contributed by atoms with Crippen molar-refractivity contribution in [1.29, 1.82) is 0 Å². The van der Waals surface area contributed by atoms with Crippen molar-refractivity contribution in [3.05, 3.63) is 11.1 Å². The number of hydrazine groups is 1. The van der Waals surface area contributed by atoms with E-state index in [0.717, 1.165) is 17.6 Å². The first-order valence-corrected chi connectivity index (χ1v) is 6.89. The van der Waals surface area contributed by atoms with Crippen LogP contribution in [0, 0.1) is 5.92 Å². The number of hydrogen-bond acceptors (Lipinski definition) is 5. The molecule has 0 radical (unpaired) electrons. The number of carbonyl (C=O) groups excluding carboxylic acids is 1. The Morgan fingerprint density at radius 3 is 2.88 bits per heavy atom. The molecule has 1 heterocycles. The lowest BCUT2D eigenvalue weighted by Gasteiger charge is -2.20. The van der Waals surface area contributed by atoms with E-state index in [1.807, 2.05) is 0 Å². The van der Waals surface area contributed by atoms with Gasteiger partial charge in [0.2, 0.25) is 0 Å². The minimum atomic E-state index is -0.310.